The molecule has 0 saturated heterocycles. The van der Waals surface area contributed by atoms with Crippen LogP contribution in [-0.2, 0) is 0 Å². The van der Waals surface area contributed by atoms with Gasteiger partial charge in [0.05, 0.1) is 0 Å². The Morgan fingerprint density at radius 1 is 1.50 bits per heavy atom. The highest BCUT2D eigenvalue weighted by Crippen LogP contribution is 2.06. The van der Waals surface area contributed by atoms with E-state index in [9.17, 15) is 0 Å². The zero-order chi connectivity index (χ0) is 7.40. The number of rotatable bonds is 1. The van der Waals surface area contributed by atoms with Crippen LogP contribution in [0.3, 0.4) is 0 Å². The molecule has 51 valence electrons. The van der Waals surface area contributed by atoms with Gasteiger partial charge in [0.2, 0.25) is 0 Å². The lowest BCUT2D eigenvalue weighted by atomic mass is 10.3. The number of nitrogens with zero attached hydrogens (tertiary/aromatic N) is 1. The largest absolute Gasteiger partial charge is 0.249 e. The minimum atomic E-state index is 0.855. The standard InChI is InChI=1S/C8H7BrN/c1-2-3-7-4-5-8(9)10-6-7/h2-6H,1H2/b3-2+. The minimum absolute atomic E-state index is 0.855. The topological polar surface area (TPSA) is 12.9 Å². The monoisotopic (exact) mass is 196 g/mol. The predicted molar refractivity (Wildman–Crippen MR) is 46.3 cm³/mol. The Morgan fingerprint density at radius 2 is 2.30 bits per heavy atom. The van der Waals surface area contributed by atoms with E-state index in [1.807, 2.05) is 18.2 Å². The number of halogens is 1. The summed E-state index contributed by atoms with van der Waals surface area (Å²) in [5.74, 6) is 0. The van der Waals surface area contributed by atoms with Crippen LogP contribution in [-0.4, -0.2) is 4.98 Å². The number of hydrogen-bond acceptors (Lipinski definition) is 1. The van der Waals surface area contributed by atoms with E-state index in [1.165, 1.54) is 0 Å². The van der Waals surface area contributed by atoms with Crippen molar-refractivity contribution in [1.29, 1.82) is 0 Å². The molecule has 1 nitrogen and oxygen atoms in total. The molecule has 0 aliphatic carbocycles. The molecule has 1 heterocycles. The number of pyridine rings is 1. The molecule has 1 rings (SSSR count). The van der Waals surface area contributed by atoms with Crippen molar-refractivity contribution in [2.75, 3.05) is 0 Å². The summed E-state index contributed by atoms with van der Waals surface area (Å²) in [7, 11) is 0. The summed E-state index contributed by atoms with van der Waals surface area (Å²) < 4.78 is 0.855. The van der Waals surface area contributed by atoms with Crippen LogP contribution in [0.2, 0.25) is 0 Å². The van der Waals surface area contributed by atoms with E-state index >= 15 is 0 Å². The predicted octanol–water partition coefficient (Wildman–Crippen LogP) is 2.69. The van der Waals surface area contributed by atoms with Gasteiger partial charge >= 0.3 is 0 Å². The SMILES string of the molecule is [CH2]/C=C/c1ccc(Br)nc1. The van der Waals surface area contributed by atoms with Crippen LogP contribution in [0.15, 0.2) is 29.0 Å². The molecular formula is C8H7BrN. The summed E-state index contributed by atoms with van der Waals surface area (Å²) in [6.07, 6.45) is 5.43. The second kappa shape index (κ2) is 3.52. The molecule has 0 aliphatic rings. The van der Waals surface area contributed by atoms with Crippen LogP contribution in [0.4, 0.5) is 0 Å². The van der Waals surface area contributed by atoms with Gasteiger partial charge in [0, 0.05) is 6.20 Å². The third-order valence-electron chi connectivity index (χ3n) is 1.06. The van der Waals surface area contributed by atoms with Crippen LogP contribution in [0.5, 0.6) is 0 Å². The maximum Gasteiger partial charge on any atom is 0.106 e. The fourth-order valence-corrected chi connectivity index (χ4v) is 0.856. The molecule has 0 unspecified atom stereocenters. The van der Waals surface area contributed by atoms with Crippen LogP contribution in [0, 0.1) is 6.92 Å². The van der Waals surface area contributed by atoms with Gasteiger partial charge in [0.15, 0.2) is 0 Å². The fraction of sp³-hybridized carbons (Fsp3) is 0. The second-order valence-electron chi connectivity index (χ2n) is 1.82. The van der Waals surface area contributed by atoms with E-state index in [2.05, 4.69) is 27.8 Å². The summed E-state index contributed by atoms with van der Waals surface area (Å²) in [5.41, 5.74) is 1.07. The summed E-state index contributed by atoms with van der Waals surface area (Å²) >= 11 is 3.25. The van der Waals surface area contributed by atoms with Crippen molar-refractivity contribution in [2.24, 2.45) is 0 Å². The minimum Gasteiger partial charge on any atom is -0.249 e. The third kappa shape index (κ3) is 1.95. The van der Waals surface area contributed by atoms with Crippen molar-refractivity contribution in [3.63, 3.8) is 0 Å². The van der Waals surface area contributed by atoms with E-state index in [4.69, 9.17) is 0 Å². The average molecular weight is 197 g/mol. The Bertz CT molecular complexity index is 226. The molecule has 10 heavy (non-hydrogen) atoms. The second-order valence-corrected chi connectivity index (χ2v) is 2.63. The zero-order valence-corrected chi connectivity index (χ0v) is 7.01. The summed E-state index contributed by atoms with van der Waals surface area (Å²) in [6, 6.07) is 3.87. The molecule has 0 spiro atoms. The normalized spacial score (nSPS) is 10.6. The first-order chi connectivity index (χ1) is 4.83. The maximum absolute atomic E-state index is 4.04. The maximum atomic E-state index is 4.04. The van der Waals surface area contributed by atoms with E-state index in [0.29, 0.717) is 0 Å². The van der Waals surface area contributed by atoms with Crippen molar-refractivity contribution >= 4 is 22.0 Å². The Balaban J connectivity index is 2.89. The van der Waals surface area contributed by atoms with Crippen molar-refractivity contribution in [1.82, 2.24) is 4.98 Å². The Hall–Kier alpha value is -0.630. The average Bonchev–Trinajstić information content (AvgIpc) is 1.95. The first-order valence-corrected chi connectivity index (χ1v) is 3.69. The molecule has 1 radical (unpaired) electrons. The molecule has 1 aromatic heterocycles. The van der Waals surface area contributed by atoms with Crippen LogP contribution < -0.4 is 0 Å². The molecule has 0 aliphatic heterocycles. The molecule has 0 amide bonds. The highest BCUT2D eigenvalue weighted by Gasteiger charge is 1.85. The fourth-order valence-electron chi connectivity index (χ4n) is 0.622. The van der Waals surface area contributed by atoms with Gasteiger partial charge in [-0.3, -0.25) is 0 Å². The van der Waals surface area contributed by atoms with Crippen molar-refractivity contribution in [3.8, 4) is 0 Å². The molecule has 0 bridgehead atoms. The third-order valence-corrected chi connectivity index (χ3v) is 1.53. The highest BCUT2D eigenvalue weighted by atomic mass is 79.9. The van der Waals surface area contributed by atoms with E-state index in [-0.39, 0.29) is 0 Å². The van der Waals surface area contributed by atoms with Crippen molar-refractivity contribution < 1.29 is 0 Å². The lowest BCUT2D eigenvalue weighted by molar-refractivity contribution is 1.27. The lowest BCUT2D eigenvalue weighted by Crippen LogP contribution is -1.75. The van der Waals surface area contributed by atoms with Gasteiger partial charge in [-0.15, -0.1) is 0 Å². The zero-order valence-electron chi connectivity index (χ0n) is 5.42. The van der Waals surface area contributed by atoms with Gasteiger partial charge in [-0.05, 0) is 34.5 Å². The summed E-state index contributed by atoms with van der Waals surface area (Å²) in [4.78, 5) is 4.04. The molecule has 0 saturated carbocycles. The molecule has 0 N–H and O–H groups in total. The van der Waals surface area contributed by atoms with Gasteiger partial charge in [0.1, 0.15) is 4.60 Å². The lowest BCUT2D eigenvalue weighted by Gasteiger charge is -1.90. The molecule has 0 atom stereocenters. The Morgan fingerprint density at radius 3 is 2.80 bits per heavy atom. The molecular weight excluding hydrogens is 190 g/mol. The van der Waals surface area contributed by atoms with Gasteiger partial charge < -0.3 is 0 Å². The van der Waals surface area contributed by atoms with Gasteiger partial charge in [-0.2, -0.15) is 0 Å². The van der Waals surface area contributed by atoms with Crippen molar-refractivity contribution in [3.05, 3.63) is 41.5 Å². The van der Waals surface area contributed by atoms with Crippen molar-refractivity contribution in [2.45, 2.75) is 0 Å². The van der Waals surface area contributed by atoms with Gasteiger partial charge in [-0.1, -0.05) is 18.2 Å². The van der Waals surface area contributed by atoms with Crippen LogP contribution in [0.1, 0.15) is 5.56 Å². The quantitative estimate of drug-likeness (QED) is 0.630. The summed E-state index contributed by atoms with van der Waals surface area (Å²) in [5, 5.41) is 0. The number of aromatic nitrogens is 1. The molecule has 1 aromatic rings. The van der Waals surface area contributed by atoms with Crippen LogP contribution in [0.25, 0.3) is 6.08 Å². The van der Waals surface area contributed by atoms with E-state index in [0.717, 1.165) is 10.2 Å². The van der Waals surface area contributed by atoms with E-state index in [1.54, 1.807) is 12.3 Å². The van der Waals surface area contributed by atoms with Gasteiger partial charge in [-0.25, -0.2) is 4.98 Å². The Kier molecular flexibility index (Phi) is 2.63. The van der Waals surface area contributed by atoms with Gasteiger partial charge in [0.25, 0.3) is 0 Å². The van der Waals surface area contributed by atoms with Crippen LogP contribution >= 0.6 is 15.9 Å². The molecule has 0 aromatic carbocycles. The molecule has 2 heteroatoms. The smallest absolute Gasteiger partial charge is 0.106 e. The first-order valence-electron chi connectivity index (χ1n) is 2.90. The molecule has 0 fully saturated rings. The summed E-state index contributed by atoms with van der Waals surface area (Å²) in [6.45, 7) is 3.58. The highest BCUT2D eigenvalue weighted by molar-refractivity contribution is 9.10. The first kappa shape index (κ1) is 7.48. The number of allylic oxidation sites excluding steroid dienone is 1. The Labute approximate surface area is 68.9 Å². The van der Waals surface area contributed by atoms with E-state index < -0.39 is 0 Å². The number of hydrogen-bond donors (Lipinski definition) is 0.